The predicted molar refractivity (Wildman–Crippen MR) is 103 cm³/mol. The third-order valence-corrected chi connectivity index (χ3v) is 4.73. The molecule has 0 saturated carbocycles. The highest BCUT2D eigenvalue weighted by Crippen LogP contribution is 2.26. The van der Waals surface area contributed by atoms with Crippen molar-refractivity contribution in [3.05, 3.63) is 77.8 Å². The number of amides is 1. The molecule has 1 saturated heterocycles. The number of fused-ring (bicyclic) bond motifs is 1. The number of ether oxygens (including phenoxy) is 2. The first kappa shape index (κ1) is 17.5. The summed E-state index contributed by atoms with van der Waals surface area (Å²) in [4.78, 5) is 19.5. The molecule has 5 heteroatoms. The van der Waals surface area contributed by atoms with Crippen molar-refractivity contribution < 1.29 is 14.3 Å². The van der Waals surface area contributed by atoms with Crippen LogP contribution in [0.4, 0.5) is 0 Å². The largest absolute Gasteiger partial charge is 0.464 e. The van der Waals surface area contributed by atoms with E-state index >= 15 is 0 Å². The third kappa shape index (κ3) is 4.26. The summed E-state index contributed by atoms with van der Waals surface area (Å²) in [6, 6.07) is 13.4. The van der Waals surface area contributed by atoms with Gasteiger partial charge >= 0.3 is 0 Å². The molecule has 1 fully saturated rings. The second-order valence-corrected chi connectivity index (χ2v) is 6.70. The van der Waals surface area contributed by atoms with Crippen molar-refractivity contribution in [2.24, 2.45) is 0 Å². The van der Waals surface area contributed by atoms with E-state index < -0.39 is 0 Å². The van der Waals surface area contributed by atoms with Gasteiger partial charge in [0.05, 0.1) is 24.6 Å². The van der Waals surface area contributed by atoms with Crippen LogP contribution < -0.4 is 4.74 Å². The molecule has 27 heavy (non-hydrogen) atoms. The number of benzene rings is 1. The van der Waals surface area contributed by atoms with Crippen molar-refractivity contribution in [2.75, 3.05) is 13.2 Å². The standard InChI is InChI=1S/C22H22N2O3/c25-22(18-10-13-27-21-9-2-1-6-17(21)14-18)24(16-20-8-5-12-26-20)15-19-7-3-4-11-23-19/h1-4,6-7,9-11,13-14,20H,5,8,12,15-16H2. The first-order valence-electron chi connectivity index (χ1n) is 9.24. The average Bonchev–Trinajstić information content (AvgIpc) is 3.11. The van der Waals surface area contributed by atoms with Gasteiger partial charge in [-0.2, -0.15) is 0 Å². The molecule has 2 aromatic rings. The summed E-state index contributed by atoms with van der Waals surface area (Å²) in [7, 11) is 0. The van der Waals surface area contributed by atoms with Crippen LogP contribution in [0.25, 0.3) is 6.08 Å². The highest BCUT2D eigenvalue weighted by Gasteiger charge is 2.25. The lowest BCUT2D eigenvalue weighted by Crippen LogP contribution is -2.37. The molecular weight excluding hydrogens is 340 g/mol. The highest BCUT2D eigenvalue weighted by molar-refractivity contribution is 6.01. The molecule has 0 N–H and O–H groups in total. The number of rotatable bonds is 5. The molecule has 0 bridgehead atoms. The lowest BCUT2D eigenvalue weighted by atomic mass is 10.1. The second kappa shape index (κ2) is 8.18. The lowest BCUT2D eigenvalue weighted by molar-refractivity contribution is -0.129. The van der Waals surface area contributed by atoms with E-state index in [4.69, 9.17) is 9.47 Å². The molecule has 0 radical (unpaired) electrons. The Morgan fingerprint density at radius 2 is 2.07 bits per heavy atom. The van der Waals surface area contributed by atoms with Crippen molar-refractivity contribution in [1.29, 1.82) is 0 Å². The second-order valence-electron chi connectivity index (χ2n) is 6.70. The number of carbonyl (C=O) groups is 1. The average molecular weight is 362 g/mol. The summed E-state index contributed by atoms with van der Waals surface area (Å²) in [6.45, 7) is 1.77. The SMILES string of the molecule is O=C(C1=Cc2ccccc2OC=C1)N(Cc1ccccn1)CC1CCCO1. The Kier molecular flexibility index (Phi) is 5.30. The number of carbonyl (C=O) groups excluding carboxylic acids is 1. The molecule has 5 nitrogen and oxygen atoms in total. The topological polar surface area (TPSA) is 51.7 Å². The Morgan fingerprint density at radius 3 is 2.89 bits per heavy atom. The van der Waals surface area contributed by atoms with Crippen molar-refractivity contribution in [3.63, 3.8) is 0 Å². The molecule has 1 atom stereocenters. The van der Waals surface area contributed by atoms with E-state index in [2.05, 4.69) is 4.98 Å². The van der Waals surface area contributed by atoms with E-state index in [1.54, 1.807) is 18.5 Å². The molecule has 138 valence electrons. The molecule has 0 spiro atoms. The first-order valence-corrected chi connectivity index (χ1v) is 9.24. The minimum Gasteiger partial charge on any atom is -0.464 e. The summed E-state index contributed by atoms with van der Waals surface area (Å²) in [6.07, 6.45) is 9.02. The number of para-hydroxylation sites is 1. The molecule has 1 aromatic carbocycles. The third-order valence-electron chi connectivity index (χ3n) is 4.73. The predicted octanol–water partition coefficient (Wildman–Crippen LogP) is 3.58. The molecule has 1 aromatic heterocycles. The maximum absolute atomic E-state index is 13.3. The molecule has 3 heterocycles. The molecule has 4 rings (SSSR count). The Balaban J connectivity index is 1.60. The molecule has 2 aliphatic heterocycles. The van der Waals surface area contributed by atoms with Crippen molar-refractivity contribution in [3.8, 4) is 5.75 Å². The van der Waals surface area contributed by atoms with Gasteiger partial charge in [0.1, 0.15) is 5.75 Å². The van der Waals surface area contributed by atoms with E-state index in [1.807, 2.05) is 53.4 Å². The van der Waals surface area contributed by atoms with Gasteiger partial charge in [-0.15, -0.1) is 0 Å². The zero-order valence-corrected chi connectivity index (χ0v) is 15.1. The Morgan fingerprint density at radius 1 is 1.19 bits per heavy atom. The summed E-state index contributed by atoms with van der Waals surface area (Å²) >= 11 is 0. The summed E-state index contributed by atoms with van der Waals surface area (Å²) in [5.41, 5.74) is 2.34. The van der Waals surface area contributed by atoms with Gasteiger partial charge in [-0.1, -0.05) is 24.3 Å². The Bertz CT molecular complexity index is 855. The van der Waals surface area contributed by atoms with Crippen LogP contribution in [0, 0.1) is 0 Å². The van der Waals surface area contributed by atoms with E-state index in [0.29, 0.717) is 18.7 Å². The van der Waals surface area contributed by atoms with Crippen LogP contribution in [0.15, 0.2) is 66.6 Å². The minimum absolute atomic E-state index is 0.0484. The number of pyridine rings is 1. The minimum atomic E-state index is -0.0484. The first-order chi connectivity index (χ1) is 13.3. The summed E-state index contributed by atoms with van der Waals surface area (Å²) in [5.74, 6) is 0.694. The molecular formula is C22H22N2O3. The van der Waals surface area contributed by atoms with Crippen LogP contribution in [0.1, 0.15) is 24.1 Å². The zero-order valence-electron chi connectivity index (χ0n) is 15.1. The van der Waals surface area contributed by atoms with Crippen molar-refractivity contribution in [1.82, 2.24) is 9.88 Å². The lowest BCUT2D eigenvalue weighted by Gasteiger charge is -2.25. The van der Waals surface area contributed by atoms with Gasteiger partial charge in [-0.25, -0.2) is 0 Å². The van der Waals surface area contributed by atoms with Crippen LogP contribution in [0.5, 0.6) is 5.75 Å². The summed E-state index contributed by atoms with van der Waals surface area (Å²) in [5, 5.41) is 0. The number of hydrogen-bond acceptors (Lipinski definition) is 4. The normalized spacial score (nSPS) is 18.2. The van der Waals surface area contributed by atoms with Gasteiger partial charge in [0.2, 0.25) is 0 Å². The van der Waals surface area contributed by atoms with Gasteiger partial charge in [0.25, 0.3) is 5.91 Å². The van der Waals surface area contributed by atoms with Crippen molar-refractivity contribution >= 4 is 12.0 Å². The Hall–Kier alpha value is -2.92. The molecule has 0 aliphatic carbocycles. The van der Waals surface area contributed by atoms with Crippen LogP contribution in [0.2, 0.25) is 0 Å². The van der Waals surface area contributed by atoms with Crippen molar-refractivity contribution in [2.45, 2.75) is 25.5 Å². The Labute approximate surface area is 158 Å². The molecule has 2 aliphatic rings. The quantitative estimate of drug-likeness (QED) is 0.816. The molecule has 1 unspecified atom stereocenters. The van der Waals surface area contributed by atoms with Crippen LogP contribution >= 0.6 is 0 Å². The maximum Gasteiger partial charge on any atom is 0.254 e. The van der Waals surface area contributed by atoms with Gasteiger partial charge in [-0.05, 0) is 43.2 Å². The number of aromatic nitrogens is 1. The number of hydrogen-bond donors (Lipinski definition) is 0. The van der Waals surface area contributed by atoms with Gasteiger partial charge < -0.3 is 14.4 Å². The fourth-order valence-electron chi connectivity index (χ4n) is 3.36. The van der Waals surface area contributed by atoms with E-state index in [0.717, 1.165) is 36.5 Å². The van der Waals surface area contributed by atoms with Gasteiger partial charge in [-0.3, -0.25) is 9.78 Å². The summed E-state index contributed by atoms with van der Waals surface area (Å²) < 4.78 is 11.4. The van der Waals surface area contributed by atoms with Crippen LogP contribution in [-0.2, 0) is 16.1 Å². The smallest absolute Gasteiger partial charge is 0.254 e. The van der Waals surface area contributed by atoms with E-state index in [-0.39, 0.29) is 12.0 Å². The van der Waals surface area contributed by atoms with Crippen LogP contribution in [-0.4, -0.2) is 35.0 Å². The highest BCUT2D eigenvalue weighted by atomic mass is 16.5. The molecule has 1 amide bonds. The fourth-order valence-corrected chi connectivity index (χ4v) is 3.36. The fraction of sp³-hybridized carbons (Fsp3) is 0.273. The zero-order chi connectivity index (χ0) is 18.5. The van der Waals surface area contributed by atoms with E-state index in [9.17, 15) is 4.79 Å². The van der Waals surface area contributed by atoms with Gasteiger partial charge in [0, 0.05) is 30.5 Å². The van der Waals surface area contributed by atoms with Gasteiger partial charge in [0.15, 0.2) is 0 Å². The van der Waals surface area contributed by atoms with E-state index in [1.165, 1.54) is 0 Å². The monoisotopic (exact) mass is 362 g/mol. The number of nitrogens with zero attached hydrogens (tertiary/aromatic N) is 2. The van der Waals surface area contributed by atoms with Crippen LogP contribution in [0.3, 0.4) is 0 Å². The maximum atomic E-state index is 13.3.